The minimum absolute atomic E-state index is 0.114. The van der Waals surface area contributed by atoms with Crippen molar-refractivity contribution in [3.05, 3.63) is 68.7 Å². The molecular formula is C20H14ClN3O5. The monoisotopic (exact) mass is 411 g/mol. The number of amides is 2. The second-order valence-corrected chi connectivity index (χ2v) is 6.85. The number of ether oxygens (including phenoxy) is 1. The fourth-order valence-corrected chi connectivity index (χ4v) is 3.69. The van der Waals surface area contributed by atoms with E-state index in [-0.39, 0.29) is 16.9 Å². The minimum atomic E-state index is -0.583. The van der Waals surface area contributed by atoms with Crippen LogP contribution in [-0.2, 0) is 0 Å². The third kappa shape index (κ3) is 2.85. The Labute approximate surface area is 169 Å². The summed E-state index contributed by atoms with van der Waals surface area (Å²) in [6, 6.07) is 10.9. The van der Waals surface area contributed by atoms with E-state index in [0.717, 1.165) is 4.90 Å². The smallest absolute Gasteiger partial charge is 0.294 e. The molecule has 0 fully saturated rings. The summed E-state index contributed by atoms with van der Waals surface area (Å²) in [6.45, 7) is 0. The van der Waals surface area contributed by atoms with Crippen LogP contribution in [0.1, 0.15) is 20.7 Å². The fraction of sp³-hybridized carbons (Fsp3) is 0.100. The Bertz CT molecular complexity index is 1220. The standard InChI is InChI=1S/C20H14ClN3O5/c1-23-19(25)12-5-3-4-11-17(12)13(20(23)26)9-15(24(27)28)18(11)22-10-6-7-16(29-2)14(21)8-10/h3-9,22H,1-2H3. The molecule has 0 aliphatic carbocycles. The maximum absolute atomic E-state index is 12.6. The Morgan fingerprint density at radius 2 is 1.83 bits per heavy atom. The number of hydrogen-bond donors (Lipinski definition) is 1. The lowest BCUT2D eigenvalue weighted by molar-refractivity contribution is -0.383. The molecule has 2 amide bonds. The zero-order valence-corrected chi connectivity index (χ0v) is 16.1. The molecule has 0 unspecified atom stereocenters. The number of nitrogens with one attached hydrogen (secondary N) is 1. The SMILES string of the molecule is COc1ccc(Nc2c([N+](=O)[O-])cc3c4c(cccc24)C(=O)N(C)C3=O)cc1Cl. The summed E-state index contributed by atoms with van der Waals surface area (Å²) in [6.07, 6.45) is 0. The lowest BCUT2D eigenvalue weighted by Gasteiger charge is -2.24. The second-order valence-electron chi connectivity index (χ2n) is 6.45. The average molecular weight is 412 g/mol. The van der Waals surface area contributed by atoms with Gasteiger partial charge in [0.05, 0.1) is 22.6 Å². The van der Waals surface area contributed by atoms with Gasteiger partial charge in [0.2, 0.25) is 0 Å². The number of nitrogens with zero attached hydrogens (tertiary/aromatic N) is 2. The van der Waals surface area contributed by atoms with Crippen LogP contribution in [0.3, 0.4) is 0 Å². The average Bonchev–Trinajstić information content (AvgIpc) is 2.71. The maximum atomic E-state index is 12.6. The first-order valence-electron chi connectivity index (χ1n) is 8.50. The number of carbonyl (C=O) groups excluding carboxylic acids is 2. The van der Waals surface area contributed by atoms with Crippen molar-refractivity contribution in [2.75, 3.05) is 19.5 Å². The van der Waals surface area contributed by atoms with Gasteiger partial charge in [-0.05, 0) is 24.3 Å². The van der Waals surface area contributed by atoms with Crippen LogP contribution in [0, 0.1) is 10.1 Å². The number of hydrogen-bond acceptors (Lipinski definition) is 6. The summed E-state index contributed by atoms with van der Waals surface area (Å²) in [5.41, 5.74) is 0.799. The molecule has 1 N–H and O–H groups in total. The molecule has 0 spiro atoms. The van der Waals surface area contributed by atoms with Gasteiger partial charge in [-0.15, -0.1) is 0 Å². The molecule has 0 saturated carbocycles. The number of carbonyl (C=O) groups is 2. The van der Waals surface area contributed by atoms with E-state index in [2.05, 4.69) is 5.32 Å². The van der Waals surface area contributed by atoms with Gasteiger partial charge in [0.25, 0.3) is 17.5 Å². The zero-order chi connectivity index (χ0) is 20.9. The van der Waals surface area contributed by atoms with E-state index in [1.165, 1.54) is 20.2 Å². The van der Waals surface area contributed by atoms with E-state index >= 15 is 0 Å². The first-order chi connectivity index (χ1) is 13.8. The number of nitro benzene ring substituents is 1. The van der Waals surface area contributed by atoms with Crippen molar-refractivity contribution in [1.29, 1.82) is 0 Å². The van der Waals surface area contributed by atoms with Crippen molar-refractivity contribution in [3.63, 3.8) is 0 Å². The van der Waals surface area contributed by atoms with Crippen molar-refractivity contribution in [2.45, 2.75) is 0 Å². The van der Waals surface area contributed by atoms with E-state index in [1.54, 1.807) is 36.4 Å². The predicted molar refractivity (Wildman–Crippen MR) is 108 cm³/mol. The molecule has 29 heavy (non-hydrogen) atoms. The number of anilines is 2. The Hall–Kier alpha value is -3.65. The second kappa shape index (κ2) is 6.75. The molecule has 3 aromatic rings. The van der Waals surface area contributed by atoms with Crippen molar-refractivity contribution in [3.8, 4) is 5.75 Å². The highest BCUT2D eigenvalue weighted by atomic mass is 35.5. The summed E-state index contributed by atoms with van der Waals surface area (Å²) < 4.78 is 5.12. The number of rotatable bonds is 4. The topological polar surface area (TPSA) is 102 Å². The number of halogens is 1. The number of nitro groups is 1. The Balaban J connectivity index is 1.99. The van der Waals surface area contributed by atoms with E-state index in [9.17, 15) is 19.7 Å². The first kappa shape index (κ1) is 18.7. The highest BCUT2D eigenvalue weighted by Crippen LogP contribution is 2.42. The molecule has 0 aromatic heterocycles. The highest BCUT2D eigenvalue weighted by Gasteiger charge is 2.34. The lowest BCUT2D eigenvalue weighted by Crippen LogP contribution is -2.37. The van der Waals surface area contributed by atoms with Gasteiger partial charge >= 0.3 is 0 Å². The maximum Gasteiger partial charge on any atom is 0.294 e. The Morgan fingerprint density at radius 3 is 2.48 bits per heavy atom. The van der Waals surface area contributed by atoms with Crippen molar-refractivity contribution >= 4 is 51.2 Å². The van der Waals surface area contributed by atoms with Gasteiger partial charge in [-0.2, -0.15) is 0 Å². The van der Waals surface area contributed by atoms with Gasteiger partial charge < -0.3 is 10.1 Å². The number of methoxy groups -OCH3 is 1. The normalized spacial score (nSPS) is 13.0. The molecule has 146 valence electrons. The lowest BCUT2D eigenvalue weighted by atomic mass is 9.92. The third-order valence-electron chi connectivity index (χ3n) is 4.83. The van der Waals surface area contributed by atoms with E-state index < -0.39 is 16.7 Å². The van der Waals surface area contributed by atoms with Gasteiger partial charge in [0.15, 0.2) is 0 Å². The molecule has 0 bridgehead atoms. The molecule has 0 atom stereocenters. The summed E-state index contributed by atoms with van der Waals surface area (Å²) in [5.74, 6) is -0.580. The Kier molecular flexibility index (Phi) is 4.35. The van der Waals surface area contributed by atoms with Crippen LogP contribution in [0.25, 0.3) is 10.8 Å². The summed E-state index contributed by atoms with van der Waals surface area (Å²) in [4.78, 5) is 37.3. The summed E-state index contributed by atoms with van der Waals surface area (Å²) in [7, 11) is 2.83. The predicted octanol–water partition coefficient (Wildman–Crippen LogP) is 4.38. The van der Waals surface area contributed by atoms with Crippen molar-refractivity contribution in [2.24, 2.45) is 0 Å². The molecule has 9 heteroatoms. The summed E-state index contributed by atoms with van der Waals surface area (Å²) in [5, 5.41) is 15.9. The molecule has 1 aliphatic rings. The molecule has 0 saturated heterocycles. The van der Waals surface area contributed by atoms with Gasteiger partial charge in [-0.3, -0.25) is 24.6 Å². The Morgan fingerprint density at radius 1 is 1.10 bits per heavy atom. The largest absolute Gasteiger partial charge is 0.495 e. The fourth-order valence-electron chi connectivity index (χ4n) is 3.43. The van der Waals surface area contributed by atoms with Crippen LogP contribution in [0.15, 0.2) is 42.5 Å². The van der Waals surface area contributed by atoms with E-state index in [0.29, 0.717) is 32.8 Å². The third-order valence-corrected chi connectivity index (χ3v) is 5.12. The van der Waals surface area contributed by atoms with E-state index in [1.807, 2.05) is 0 Å². The van der Waals surface area contributed by atoms with Crippen molar-refractivity contribution in [1.82, 2.24) is 4.90 Å². The van der Waals surface area contributed by atoms with E-state index in [4.69, 9.17) is 16.3 Å². The van der Waals surface area contributed by atoms with Crippen molar-refractivity contribution < 1.29 is 19.2 Å². The zero-order valence-electron chi connectivity index (χ0n) is 15.4. The molecule has 1 heterocycles. The van der Waals surface area contributed by atoms with Crippen LogP contribution in [-0.4, -0.2) is 35.8 Å². The molecule has 1 aliphatic heterocycles. The van der Waals surface area contributed by atoms with Crippen LogP contribution in [0.2, 0.25) is 5.02 Å². The number of imide groups is 1. The van der Waals surface area contributed by atoms with Gasteiger partial charge in [-0.1, -0.05) is 23.7 Å². The molecule has 4 rings (SSSR count). The minimum Gasteiger partial charge on any atom is -0.495 e. The van der Waals surface area contributed by atoms with Gasteiger partial charge in [0.1, 0.15) is 11.4 Å². The van der Waals surface area contributed by atoms with Crippen LogP contribution in [0.4, 0.5) is 17.1 Å². The van der Waals surface area contributed by atoms with Gasteiger partial charge in [0, 0.05) is 35.1 Å². The highest BCUT2D eigenvalue weighted by molar-refractivity contribution is 6.32. The number of benzene rings is 3. The quantitative estimate of drug-likeness (QED) is 0.388. The molecular weight excluding hydrogens is 398 g/mol. The molecule has 0 radical (unpaired) electrons. The van der Waals surface area contributed by atoms with Gasteiger partial charge in [-0.25, -0.2) is 0 Å². The van der Waals surface area contributed by atoms with Crippen LogP contribution >= 0.6 is 11.6 Å². The molecule has 8 nitrogen and oxygen atoms in total. The molecule has 3 aromatic carbocycles. The summed E-state index contributed by atoms with van der Waals surface area (Å²) >= 11 is 6.16. The van der Waals surface area contributed by atoms with Crippen LogP contribution in [0.5, 0.6) is 5.75 Å². The first-order valence-corrected chi connectivity index (χ1v) is 8.88. The van der Waals surface area contributed by atoms with Crippen LogP contribution < -0.4 is 10.1 Å².